The zero-order chi connectivity index (χ0) is 12.9. The summed E-state index contributed by atoms with van der Waals surface area (Å²) >= 11 is 0. The molecule has 0 saturated heterocycles. The molecule has 96 valence electrons. The summed E-state index contributed by atoms with van der Waals surface area (Å²) in [6.45, 7) is 2.40. The van der Waals surface area contributed by atoms with E-state index in [1.807, 2.05) is 0 Å². The Morgan fingerprint density at radius 3 is 2.47 bits per heavy atom. The lowest BCUT2D eigenvalue weighted by Gasteiger charge is -2.14. The van der Waals surface area contributed by atoms with Gasteiger partial charge in [0.15, 0.2) is 0 Å². The van der Waals surface area contributed by atoms with Gasteiger partial charge in [-0.2, -0.15) is 13.2 Å². The van der Waals surface area contributed by atoms with Crippen molar-refractivity contribution in [3.05, 3.63) is 29.3 Å². The molecular formula is C12H15F3O2. The molecule has 0 unspecified atom stereocenters. The first-order valence-corrected chi connectivity index (χ1v) is 5.24. The summed E-state index contributed by atoms with van der Waals surface area (Å²) in [7, 11) is 1.54. The maximum atomic E-state index is 12.7. The maximum absolute atomic E-state index is 12.7. The van der Waals surface area contributed by atoms with Crippen LogP contribution in [0.5, 0.6) is 5.75 Å². The Hall–Kier alpha value is -1.23. The Kier molecular flexibility index (Phi) is 4.81. The summed E-state index contributed by atoms with van der Waals surface area (Å²) in [5.74, 6) is -0.117. The van der Waals surface area contributed by atoms with Crippen LogP contribution < -0.4 is 4.74 Å². The molecule has 0 saturated carbocycles. The Bertz CT molecular complexity index is 361. The van der Waals surface area contributed by atoms with Crippen molar-refractivity contribution < 1.29 is 22.6 Å². The molecule has 0 aliphatic heterocycles. The lowest BCUT2D eigenvalue weighted by atomic mass is 10.1. The molecular weight excluding hydrogens is 233 g/mol. The molecule has 1 aromatic carbocycles. The van der Waals surface area contributed by atoms with Gasteiger partial charge in [0.25, 0.3) is 0 Å². The van der Waals surface area contributed by atoms with Crippen LogP contribution in [0.1, 0.15) is 17.5 Å². The van der Waals surface area contributed by atoms with Gasteiger partial charge < -0.3 is 9.47 Å². The van der Waals surface area contributed by atoms with Crippen molar-refractivity contribution in [2.75, 3.05) is 20.3 Å². The molecule has 0 bridgehead atoms. The maximum Gasteiger partial charge on any atom is 0.419 e. The number of benzene rings is 1. The highest BCUT2D eigenvalue weighted by Gasteiger charge is 2.34. The fraction of sp³-hybridized carbons (Fsp3) is 0.500. The molecule has 5 heteroatoms. The van der Waals surface area contributed by atoms with Crippen LogP contribution in [-0.4, -0.2) is 20.3 Å². The fourth-order valence-corrected chi connectivity index (χ4v) is 1.37. The largest absolute Gasteiger partial charge is 0.493 e. The zero-order valence-corrected chi connectivity index (χ0v) is 9.80. The number of hydrogen-bond acceptors (Lipinski definition) is 2. The van der Waals surface area contributed by atoms with E-state index >= 15 is 0 Å². The fourth-order valence-electron chi connectivity index (χ4n) is 1.37. The van der Waals surface area contributed by atoms with Crippen LogP contribution in [0.4, 0.5) is 13.2 Å². The number of hydrogen-bond donors (Lipinski definition) is 0. The normalized spacial score (nSPS) is 11.6. The molecule has 0 aliphatic carbocycles. The minimum absolute atomic E-state index is 0.117. The van der Waals surface area contributed by atoms with E-state index in [1.165, 1.54) is 19.2 Å². The molecule has 17 heavy (non-hydrogen) atoms. The van der Waals surface area contributed by atoms with E-state index in [-0.39, 0.29) is 12.4 Å². The quantitative estimate of drug-likeness (QED) is 0.743. The summed E-state index contributed by atoms with van der Waals surface area (Å²) in [5.41, 5.74) is 0.000239. The van der Waals surface area contributed by atoms with E-state index in [0.29, 0.717) is 13.0 Å². The van der Waals surface area contributed by atoms with Crippen LogP contribution in [0.2, 0.25) is 0 Å². The highest BCUT2D eigenvalue weighted by atomic mass is 19.4. The number of halogens is 3. The van der Waals surface area contributed by atoms with Crippen molar-refractivity contribution in [2.24, 2.45) is 0 Å². The van der Waals surface area contributed by atoms with Gasteiger partial charge in [0.05, 0.1) is 12.2 Å². The predicted molar refractivity (Wildman–Crippen MR) is 58.2 cm³/mol. The highest BCUT2D eigenvalue weighted by molar-refractivity contribution is 5.39. The smallest absolute Gasteiger partial charge is 0.419 e. The first kappa shape index (κ1) is 13.8. The van der Waals surface area contributed by atoms with Gasteiger partial charge in [0.2, 0.25) is 0 Å². The van der Waals surface area contributed by atoms with E-state index < -0.39 is 11.7 Å². The van der Waals surface area contributed by atoms with Crippen LogP contribution in [0, 0.1) is 6.92 Å². The number of ether oxygens (including phenoxy) is 2. The number of aryl methyl sites for hydroxylation is 1. The van der Waals surface area contributed by atoms with E-state index in [1.54, 1.807) is 6.92 Å². The van der Waals surface area contributed by atoms with Crippen molar-refractivity contribution in [3.63, 3.8) is 0 Å². The van der Waals surface area contributed by atoms with Crippen LogP contribution >= 0.6 is 0 Å². The molecule has 2 nitrogen and oxygen atoms in total. The second kappa shape index (κ2) is 5.91. The second-order valence-corrected chi connectivity index (χ2v) is 3.69. The summed E-state index contributed by atoms with van der Waals surface area (Å²) in [6.07, 6.45) is -3.83. The Balaban J connectivity index is 2.77. The van der Waals surface area contributed by atoms with E-state index in [9.17, 15) is 13.2 Å². The Labute approximate surface area is 98.3 Å². The minimum atomic E-state index is -4.38. The average molecular weight is 248 g/mol. The average Bonchev–Trinajstić information content (AvgIpc) is 2.23. The van der Waals surface area contributed by atoms with Crippen LogP contribution in [0.3, 0.4) is 0 Å². The van der Waals surface area contributed by atoms with E-state index in [0.717, 1.165) is 11.6 Å². The third-order valence-corrected chi connectivity index (χ3v) is 2.19. The van der Waals surface area contributed by atoms with Gasteiger partial charge in [-0.25, -0.2) is 0 Å². The van der Waals surface area contributed by atoms with E-state index in [4.69, 9.17) is 9.47 Å². The molecule has 0 radical (unpaired) electrons. The monoisotopic (exact) mass is 248 g/mol. The molecule has 1 rings (SSSR count). The molecule has 0 fully saturated rings. The van der Waals surface area contributed by atoms with Gasteiger partial charge in [-0.05, 0) is 24.6 Å². The third kappa shape index (κ3) is 4.26. The molecule has 0 N–H and O–H groups in total. The number of rotatable bonds is 5. The Morgan fingerprint density at radius 2 is 1.88 bits per heavy atom. The van der Waals surface area contributed by atoms with Crippen molar-refractivity contribution in [1.29, 1.82) is 0 Å². The predicted octanol–water partition coefficient (Wildman–Crippen LogP) is 3.43. The van der Waals surface area contributed by atoms with Gasteiger partial charge in [-0.3, -0.25) is 0 Å². The molecule has 0 aliphatic rings. The second-order valence-electron chi connectivity index (χ2n) is 3.69. The van der Waals surface area contributed by atoms with Crippen LogP contribution in [0.25, 0.3) is 0 Å². The van der Waals surface area contributed by atoms with E-state index in [2.05, 4.69) is 0 Å². The Morgan fingerprint density at radius 1 is 1.18 bits per heavy atom. The number of methoxy groups -OCH3 is 1. The topological polar surface area (TPSA) is 18.5 Å². The van der Waals surface area contributed by atoms with Crippen molar-refractivity contribution in [2.45, 2.75) is 19.5 Å². The lowest BCUT2D eigenvalue weighted by Crippen LogP contribution is -2.10. The van der Waals surface area contributed by atoms with Gasteiger partial charge in [0.1, 0.15) is 5.75 Å². The molecule has 1 aromatic rings. The first-order chi connectivity index (χ1) is 7.95. The summed E-state index contributed by atoms with van der Waals surface area (Å²) < 4.78 is 47.9. The number of alkyl halides is 3. The van der Waals surface area contributed by atoms with Gasteiger partial charge in [0, 0.05) is 20.1 Å². The molecule has 0 aromatic heterocycles. The van der Waals surface area contributed by atoms with Crippen molar-refractivity contribution >= 4 is 0 Å². The minimum Gasteiger partial charge on any atom is -0.493 e. The van der Waals surface area contributed by atoms with Gasteiger partial charge >= 0.3 is 6.18 Å². The van der Waals surface area contributed by atoms with Crippen molar-refractivity contribution in [3.8, 4) is 5.75 Å². The summed E-state index contributed by atoms with van der Waals surface area (Å²) in [6, 6.07) is 3.86. The molecule has 0 atom stereocenters. The zero-order valence-electron chi connectivity index (χ0n) is 9.80. The summed E-state index contributed by atoms with van der Waals surface area (Å²) in [4.78, 5) is 0. The molecule has 0 heterocycles. The van der Waals surface area contributed by atoms with Crippen LogP contribution in [0.15, 0.2) is 18.2 Å². The summed E-state index contributed by atoms with van der Waals surface area (Å²) in [5, 5.41) is 0. The standard InChI is InChI=1S/C12H15F3O2/c1-9-4-5-10(12(13,14)15)11(8-9)17-7-3-6-16-2/h4-5,8H,3,6-7H2,1-2H3. The third-order valence-electron chi connectivity index (χ3n) is 2.19. The molecule has 0 spiro atoms. The SMILES string of the molecule is COCCCOc1cc(C)ccc1C(F)(F)F. The van der Waals surface area contributed by atoms with Gasteiger partial charge in [-0.1, -0.05) is 6.07 Å². The van der Waals surface area contributed by atoms with Gasteiger partial charge in [-0.15, -0.1) is 0 Å². The van der Waals surface area contributed by atoms with Crippen LogP contribution in [-0.2, 0) is 10.9 Å². The van der Waals surface area contributed by atoms with Crippen molar-refractivity contribution in [1.82, 2.24) is 0 Å². The first-order valence-electron chi connectivity index (χ1n) is 5.24. The highest BCUT2D eigenvalue weighted by Crippen LogP contribution is 2.36. The lowest BCUT2D eigenvalue weighted by molar-refractivity contribution is -0.139. The molecule has 0 amide bonds.